The molecule has 0 saturated carbocycles. The van der Waals surface area contributed by atoms with Crippen LogP contribution in [0.15, 0.2) is 0 Å². The van der Waals surface area contributed by atoms with E-state index in [1.54, 1.807) is 18.9 Å². The fourth-order valence-electron chi connectivity index (χ4n) is 2.37. The SMILES string of the molecule is Cc1nn(C)c(C)c1CC(C)C(=O)N(C)CC(C)O. The second-order valence-corrected chi connectivity index (χ2v) is 5.45. The first kappa shape index (κ1) is 15.7. The van der Waals surface area contributed by atoms with Crippen LogP contribution >= 0.6 is 0 Å². The Bertz CT molecular complexity index is 452. The van der Waals surface area contributed by atoms with Crippen molar-refractivity contribution in [1.29, 1.82) is 0 Å². The lowest BCUT2D eigenvalue weighted by Gasteiger charge is -2.22. The first-order valence-corrected chi connectivity index (χ1v) is 6.66. The van der Waals surface area contributed by atoms with E-state index in [9.17, 15) is 9.90 Å². The molecule has 0 aromatic carbocycles. The summed E-state index contributed by atoms with van der Waals surface area (Å²) in [5.41, 5.74) is 3.24. The topological polar surface area (TPSA) is 58.4 Å². The minimum Gasteiger partial charge on any atom is -0.392 e. The van der Waals surface area contributed by atoms with Gasteiger partial charge in [-0.1, -0.05) is 6.92 Å². The minimum absolute atomic E-state index is 0.0588. The number of carbonyl (C=O) groups is 1. The lowest BCUT2D eigenvalue weighted by Crippen LogP contribution is -2.37. The summed E-state index contributed by atoms with van der Waals surface area (Å²) in [5.74, 6) is -0.0473. The van der Waals surface area contributed by atoms with Gasteiger partial charge < -0.3 is 10.0 Å². The number of carbonyl (C=O) groups excluding carboxylic acids is 1. The Labute approximate surface area is 115 Å². The predicted octanol–water partition coefficient (Wildman–Crippen LogP) is 1.05. The highest BCUT2D eigenvalue weighted by molar-refractivity contribution is 5.78. The van der Waals surface area contributed by atoms with Crippen LogP contribution in [-0.2, 0) is 18.3 Å². The van der Waals surface area contributed by atoms with Crippen molar-refractivity contribution in [3.05, 3.63) is 17.0 Å². The van der Waals surface area contributed by atoms with Gasteiger partial charge in [0.2, 0.25) is 5.91 Å². The van der Waals surface area contributed by atoms with Gasteiger partial charge in [-0.2, -0.15) is 5.10 Å². The Balaban J connectivity index is 2.74. The van der Waals surface area contributed by atoms with Crippen molar-refractivity contribution in [2.24, 2.45) is 13.0 Å². The summed E-state index contributed by atoms with van der Waals surface area (Å²) in [4.78, 5) is 13.8. The van der Waals surface area contributed by atoms with Gasteiger partial charge in [-0.05, 0) is 32.8 Å². The van der Waals surface area contributed by atoms with Gasteiger partial charge in [0, 0.05) is 32.3 Å². The molecule has 108 valence electrons. The van der Waals surface area contributed by atoms with Gasteiger partial charge in [0.05, 0.1) is 11.8 Å². The van der Waals surface area contributed by atoms with Crippen LogP contribution in [0.4, 0.5) is 0 Å². The molecule has 2 atom stereocenters. The molecule has 1 aromatic heterocycles. The van der Waals surface area contributed by atoms with Crippen LogP contribution in [0.3, 0.4) is 0 Å². The quantitative estimate of drug-likeness (QED) is 0.867. The van der Waals surface area contributed by atoms with E-state index in [4.69, 9.17) is 0 Å². The molecule has 5 nitrogen and oxygen atoms in total. The molecule has 0 aliphatic carbocycles. The molecule has 0 fully saturated rings. The van der Waals surface area contributed by atoms with Crippen LogP contribution in [0.25, 0.3) is 0 Å². The lowest BCUT2D eigenvalue weighted by atomic mass is 9.98. The molecule has 5 heteroatoms. The molecule has 0 saturated heterocycles. The number of nitrogens with zero attached hydrogens (tertiary/aromatic N) is 3. The molecular weight excluding hydrogens is 242 g/mol. The maximum atomic E-state index is 12.2. The average molecular weight is 267 g/mol. The van der Waals surface area contributed by atoms with Crippen molar-refractivity contribution < 1.29 is 9.90 Å². The fourth-order valence-corrected chi connectivity index (χ4v) is 2.37. The van der Waals surface area contributed by atoms with Crippen molar-refractivity contribution in [1.82, 2.24) is 14.7 Å². The summed E-state index contributed by atoms with van der Waals surface area (Å²) in [6.07, 6.45) is 0.192. The Morgan fingerprint density at radius 3 is 2.42 bits per heavy atom. The molecule has 0 bridgehead atoms. The van der Waals surface area contributed by atoms with Gasteiger partial charge in [-0.25, -0.2) is 0 Å². The third-order valence-corrected chi connectivity index (χ3v) is 3.51. The summed E-state index contributed by atoms with van der Waals surface area (Å²) in [7, 11) is 3.65. The van der Waals surface area contributed by atoms with E-state index in [0.29, 0.717) is 13.0 Å². The number of amides is 1. The fraction of sp³-hybridized carbons (Fsp3) is 0.714. The van der Waals surface area contributed by atoms with E-state index >= 15 is 0 Å². The summed E-state index contributed by atoms with van der Waals surface area (Å²) in [5, 5.41) is 13.7. The molecule has 1 N–H and O–H groups in total. The van der Waals surface area contributed by atoms with Gasteiger partial charge in [0.1, 0.15) is 0 Å². The molecule has 0 spiro atoms. The van der Waals surface area contributed by atoms with Gasteiger partial charge in [0.15, 0.2) is 0 Å². The average Bonchev–Trinajstić information content (AvgIpc) is 2.54. The third-order valence-electron chi connectivity index (χ3n) is 3.51. The predicted molar refractivity (Wildman–Crippen MR) is 74.9 cm³/mol. The highest BCUT2D eigenvalue weighted by Gasteiger charge is 2.21. The smallest absolute Gasteiger partial charge is 0.225 e. The highest BCUT2D eigenvalue weighted by Crippen LogP contribution is 2.18. The van der Waals surface area contributed by atoms with E-state index in [-0.39, 0.29) is 11.8 Å². The van der Waals surface area contributed by atoms with Crippen LogP contribution in [0, 0.1) is 19.8 Å². The number of rotatable bonds is 5. The molecule has 0 aliphatic heterocycles. The van der Waals surface area contributed by atoms with Gasteiger partial charge in [-0.15, -0.1) is 0 Å². The van der Waals surface area contributed by atoms with E-state index in [1.165, 1.54) is 0 Å². The summed E-state index contributed by atoms with van der Waals surface area (Å²) < 4.78 is 1.85. The Morgan fingerprint density at radius 2 is 2.00 bits per heavy atom. The maximum absolute atomic E-state index is 12.2. The molecule has 1 rings (SSSR count). The van der Waals surface area contributed by atoms with Gasteiger partial charge in [-0.3, -0.25) is 9.48 Å². The summed E-state index contributed by atoms with van der Waals surface area (Å²) in [6, 6.07) is 0. The zero-order valence-electron chi connectivity index (χ0n) is 12.8. The standard InChI is InChI=1S/C14H25N3O2/c1-9(14(19)16(5)8-10(2)18)7-13-11(3)15-17(6)12(13)4/h9-10,18H,7-8H2,1-6H3. The Kier molecular flexibility index (Phi) is 5.11. The molecule has 1 aromatic rings. The Morgan fingerprint density at radius 1 is 1.42 bits per heavy atom. The minimum atomic E-state index is -0.497. The Hall–Kier alpha value is -1.36. The zero-order chi connectivity index (χ0) is 14.7. The van der Waals surface area contributed by atoms with Crippen LogP contribution < -0.4 is 0 Å². The number of aliphatic hydroxyl groups is 1. The summed E-state index contributed by atoms with van der Waals surface area (Å²) in [6.45, 7) is 7.97. The molecule has 0 radical (unpaired) electrons. The van der Waals surface area contributed by atoms with E-state index in [0.717, 1.165) is 17.0 Å². The van der Waals surface area contributed by atoms with Crippen molar-refractivity contribution in [2.75, 3.05) is 13.6 Å². The van der Waals surface area contributed by atoms with Crippen molar-refractivity contribution in [2.45, 2.75) is 40.2 Å². The third kappa shape index (κ3) is 3.80. The summed E-state index contributed by atoms with van der Waals surface area (Å²) >= 11 is 0. The molecule has 19 heavy (non-hydrogen) atoms. The van der Waals surface area contributed by atoms with Crippen molar-refractivity contribution in [3.63, 3.8) is 0 Å². The van der Waals surface area contributed by atoms with Crippen LogP contribution in [0.2, 0.25) is 0 Å². The van der Waals surface area contributed by atoms with Crippen LogP contribution in [-0.4, -0.2) is 45.4 Å². The lowest BCUT2D eigenvalue weighted by molar-refractivity contribution is -0.134. The van der Waals surface area contributed by atoms with Crippen molar-refractivity contribution in [3.8, 4) is 0 Å². The first-order valence-electron chi connectivity index (χ1n) is 6.66. The van der Waals surface area contributed by atoms with Gasteiger partial charge in [0.25, 0.3) is 0 Å². The second kappa shape index (κ2) is 6.19. The monoisotopic (exact) mass is 267 g/mol. The number of aromatic nitrogens is 2. The van der Waals surface area contributed by atoms with E-state index < -0.39 is 6.10 Å². The normalized spacial score (nSPS) is 14.3. The number of aryl methyl sites for hydroxylation is 2. The van der Waals surface area contributed by atoms with Crippen molar-refractivity contribution >= 4 is 5.91 Å². The van der Waals surface area contributed by atoms with E-state index in [2.05, 4.69) is 5.10 Å². The molecule has 0 aliphatic rings. The number of aliphatic hydroxyl groups excluding tert-OH is 1. The first-order chi connectivity index (χ1) is 8.73. The number of likely N-dealkylation sites (N-methyl/N-ethyl adjacent to an activating group) is 1. The molecular formula is C14H25N3O2. The highest BCUT2D eigenvalue weighted by atomic mass is 16.3. The van der Waals surface area contributed by atoms with Gasteiger partial charge >= 0.3 is 0 Å². The number of hydrogen-bond donors (Lipinski definition) is 1. The largest absolute Gasteiger partial charge is 0.392 e. The molecule has 1 amide bonds. The van der Waals surface area contributed by atoms with E-state index in [1.807, 2.05) is 32.5 Å². The molecule has 1 heterocycles. The van der Waals surface area contributed by atoms with Crippen LogP contribution in [0.1, 0.15) is 30.8 Å². The maximum Gasteiger partial charge on any atom is 0.225 e. The number of hydrogen-bond acceptors (Lipinski definition) is 3. The molecule has 2 unspecified atom stereocenters. The van der Waals surface area contributed by atoms with Crippen LogP contribution in [0.5, 0.6) is 0 Å². The second-order valence-electron chi connectivity index (χ2n) is 5.45. The zero-order valence-corrected chi connectivity index (χ0v) is 12.8.